The van der Waals surface area contributed by atoms with Crippen LogP contribution in [0.1, 0.15) is 55.2 Å². The van der Waals surface area contributed by atoms with Crippen LogP contribution in [0.3, 0.4) is 0 Å². The number of benzene rings is 1. The van der Waals surface area contributed by atoms with Gasteiger partial charge in [0, 0.05) is 11.1 Å². The summed E-state index contributed by atoms with van der Waals surface area (Å²) in [6.07, 6.45) is 3.10. The van der Waals surface area contributed by atoms with E-state index in [1.807, 2.05) is 11.7 Å². The van der Waals surface area contributed by atoms with Crippen molar-refractivity contribution in [3.63, 3.8) is 0 Å². The second-order valence-electron chi connectivity index (χ2n) is 5.11. The van der Waals surface area contributed by atoms with Gasteiger partial charge in [-0.3, -0.25) is 4.98 Å². The molecule has 102 valence electrons. The molecule has 1 aromatic heterocycles. The van der Waals surface area contributed by atoms with Crippen molar-refractivity contribution in [2.24, 2.45) is 0 Å². The number of thiazole rings is 1. The molecule has 0 fully saturated rings. The molecule has 1 heterocycles. The molecule has 2 aromatic rings. The van der Waals surface area contributed by atoms with Gasteiger partial charge in [-0.15, -0.1) is 11.3 Å². The number of hydrogen-bond acceptors (Lipinski definition) is 3. The van der Waals surface area contributed by atoms with Gasteiger partial charge in [0.05, 0.1) is 11.6 Å². The molecular formula is C16H22N2S. The lowest BCUT2D eigenvalue weighted by atomic mass is 9.98. The summed E-state index contributed by atoms with van der Waals surface area (Å²) in [5.41, 5.74) is 4.61. The first kappa shape index (κ1) is 14.2. The van der Waals surface area contributed by atoms with E-state index in [2.05, 4.69) is 55.3 Å². The van der Waals surface area contributed by atoms with Gasteiger partial charge >= 0.3 is 0 Å². The Morgan fingerprint density at radius 1 is 1.16 bits per heavy atom. The van der Waals surface area contributed by atoms with Gasteiger partial charge < -0.3 is 5.32 Å². The molecule has 0 radical (unpaired) electrons. The molecule has 19 heavy (non-hydrogen) atoms. The molecule has 3 heteroatoms. The van der Waals surface area contributed by atoms with Crippen LogP contribution in [0.5, 0.6) is 0 Å². The summed E-state index contributed by atoms with van der Waals surface area (Å²) < 4.78 is 0. The molecular weight excluding hydrogens is 252 g/mol. The van der Waals surface area contributed by atoms with Crippen molar-refractivity contribution in [2.45, 2.75) is 39.2 Å². The van der Waals surface area contributed by atoms with E-state index in [0.29, 0.717) is 5.92 Å². The molecule has 0 aliphatic carbocycles. The van der Waals surface area contributed by atoms with Crippen LogP contribution in [0.25, 0.3) is 0 Å². The summed E-state index contributed by atoms with van der Waals surface area (Å²) in [6, 6.07) is 9.22. The van der Waals surface area contributed by atoms with E-state index in [-0.39, 0.29) is 6.04 Å². The lowest BCUT2D eigenvalue weighted by Crippen LogP contribution is -2.22. The molecule has 0 aliphatic rings. The van der Waals surface area contributed by atoms with Crippen molar-refractivity contribution in [1.82, 2.24) is 10.3 Å². The fraction of sp³-hybridized carbons (Fsp3) is 0.438. The maximum absolute atomic E-state index is 4.20. The minimum absolute atomic E-state index is 0.272. The van der Waals surface area contributed by atoms with Gasteiger partial charge in [0.1, 0.15) is 0 Å². The summed E-state index contributed by atoms with van der Waals surface area (Å²) in [7, 11) is 0. The fourth-order valence-corrected chi connectivity index (χ4v) is 2.83. The summed E-state index contributed by atoms with van der Waals surface area (Å²) in [6.45, 7) is 7.67. The van der Waals surface area contributed by atoms with E-state index in [1.54, 1.807) is 11.3 Å². The maximum Gasteiger partial charge on any atom is 0.0794 e. The summed E-state index contributed by atoms with van der Waals surface area (Å²) in [5.74, 6) is 0.583. The predicted molar refractivity (Wildman–Crippen MR) is 82.8 cm³/mol. The van der Waals surface area contributed by atoms with Gasteiger partial charge in [-0.1, -0.05) is 45.0 Å². The standard InChI is InChI=1S/C16H22N2S/c1-4-9-18-16(15-10-17-11-19-15)14-7-5-13(6-8-14)12(2)3/h5-8,10-12,16,18H,4,9H2,1-3H3. The van der Waals surface area contributed by atoms with Crippen molar-refractivity contribution in [1.29, 1.82) is 0 Å². The van der Waals surface area contributed by atoms with Crippen LogP contribution in [0.2, 0.25) is 0 Å². The minimum atomic E-state index is 0.272. The van der Waals surface area contributed by atoms with Crippen LogP contribution < -0.4 is 5.32 Å². The van der Waals surface area contributed by atoms with Crippen LogP contribution in [0.4, 0.5) is 0 Å². The molecule has 2 nitrogen and oxygen atoms in total. The van der Waals surface area contributed by atoms with E-state index >= 15 is 0 Å². The third kappa shape index (κ3) is 3.64. The van der Waals surface area contributed by atoms with Gasteiger partial charge in [0.2, 0.25) is 0 Å². The summed E-state index contributed by atoms with van der Waals surface area (Å²) in [5, 5.41) is 3.61. The van der Waals surface area contributed by atoms with Crippen LogP contribution in [0, 0.1) is 0 Å². The lowest BCUT2D eigenvalue weighted by Gasteiger charge is -2.18. The Kier molecular flexibility index (Phi) is 5.11. The van der Waals surface area contributed by atoms with Crippen molar-refractivity contribution < 1.29 is 0 Å². The number of nitrogens with zero attached hydrogens (tertiary/aromatic N) is 1. The minimum Gasteiger partial charge on any atom is -0.306 e. The molecule has 0 saturated carbocycles. The summed E-state index contributed by atoms with van der Waals surface area (Å²) >= 11 is 1.71. The Labute approximate surface area is 119 Å². The van der Waals surface area contributed by atoms with E-state index in [9.17, 15) is 0 Å². The molecule has 0 bridgehead atoms. The van der Waals surface area contributed by atoms with Crippen LogP contribution in [-0.4, -0.2) is 11.5 Å². The highest BCUT2D eigenvalue weighted by molar-refractivity contribution is 7.09. The van der Waals surface area contributed by atoms with Crippen LogP contribution in [0.15, 0.2) is 36.0 Å². The SMILES string of the molecule is CCCNC(c1ccc(C(C)C)cc1)c1cncs1. The smallest absolute Gasteiger partial charge is 0.0794 e. The Bertz CT molecular complexity index is 474. The van der Waals surface area contributed by atoms with Gasteiger partial charge in [-0.25, -0.2) is 0 Å². The van der Waals surface area contributed by atoms with Gasteiger partial charge in [-0.2, -0.15) is 0 Å². The second kappa shape index (κ2) is 6.83. The van der Waals surface area contributed by atoms with Crippen LogP contribution in [-0.2, 0) is 0 Å². The van der Waals surface area contributed by atoms with Gasteiger partial charge in [-0.05, 0) is 30.0 Å². The van der Waals surface area contributed by atoms with Crippen molar-refractivity contribution in [3.05, 3.63) is 52.0 Å². The van der Waals surface area contributed by atoms with E-state index < -0.39 is 0 Å². The Balaban J connectivity index is 2.22. The summed E-state index contributed by atoms with van der Waals surface area (Å²) in [4.78, 5) is 5.48. The topological polar surface area (TPSA) is 24.9 Å². The van der Waals surface area contributed by atoms with Crippen LogP contribution >= 0.6 is 11.3 Å². The largest absolute Gasteiger partial charge is 0.306 e. The molecule has 1 atom stereocenters. The Hall–Kier alpha value is -1.19. The molecule has 0 amide bonds. The normalized spacial score (nSPS) is 12.8. The average molecular weight is 274 g/mol. The molecule has 1 unspecified atom stereocenters. The van der Waals surface area contributed by atoms with Crippen molar-refractivity contribution >= 4 is 11.3 Å². The molecule has 0 saturated heterocycles. The highest BCUT2D eigenvalue weighted by atomic mass is 32.1. The Morgan fingerprint density at radius 2 is 1.84 bits per heavy atom. The zero-order valence-electron chi connectivity index (χ0n) is 11.9. The average Bonchev–Trinajstić information content (AvgIpc) is 2.94. The monoisotopic (exact) mass is 274 g/mol. The first-order chi connectivity index (χ1) is 9.22. The molecule has 1 aromatic carbocycles. The van der Waals surface area contributed by atoms with Crippen molar-refractivity contribution in [3.8, 4) is 0 Å². The van der Waals surface area contributed by atoms with E-state index in [1.165, 1.54) is 16.0 Å². The molecule has 0 spiro atoms. The first-order valence-corrected chi connectivity index (χ1v) is 7.82. The van der Waals surface area contributed by atoms with E-state index in [4.69, 9.17) is 0 Å². The number of aromatic nitrogens is 1. The molecule has 1 N–H and O–H groups in total. The molecule has 0 aliphatic heterocycles. The Morgan fingerprint density at radius 3 is 2.37 bits per heavy atom. The number of hydrogen-bond donors (Lipinski definition) is 1. The highest BCUT2D eigenvalue weighted by Gasteiger charge is 2.14. The first-order valence-electron chi connectivity index (χ1n) is 6.94. The zero-order chi connectivity index (χ0) is 13.7. The van der Waals surface area contributed by atoms with E-state index in [0.717, 1.165) is 13.0 Å². The number of nitrogens with one attached hydrogen (secondary N) is 1. The maximum atomic E-state index is 4.20. The second-order valence-corrected chi connectivity index (χ2v) is 6.03. The third-order valence-electron chi connectivity index (χ3n) is 3.27. The lowest BCUT2D eigenvalue weighted by molar-refractivity contribution is 0.605. The molecule has 2 rings (SSSR count). The highest BCUT2D eigenvalue weighted by Crippen LogP contribution is 2.26. The fourth-order valence-electron chi connectivity index (χ4n) is 2.11. The van der Waals surface area contributed by atoms with Crippen molar-refractivity contribution in [2.75, 3.05) is 6.54 Å². The quantitative estimate of drug-likeness (QED) is 0.847. The predicted octanol–water partition coefficient (Wildman–Crippen LogP) is 4.36. The third-order valence-corrected chi connectivity index (χ3v) is 4.11. The van der Waals surface area contributed by atoms with Gasteiger partial charge in [0.15, 0.2) is 0 Å². The zero-order valence-corrected chi connectivity index (χ0v) is 12.7. The number of rotatable bonds is 6. The van der Waals surface area contributed by atoms with Gasteiger partial charge in [0.25, 0.3) is 0 Å².